The standard InChI is InChI=1S/C17H13ClF3NO5/c18-11-9-10(17(19,20)21)6-7-12(11)26-13-3-1-4-14(16(13)22(23)24)27-15-5-2-8-25-15/h1,3-4,6-7,9,15H,2,5,8H2. The minimum atomic E-state index is -4.57. The number of hydrogen-bond acceptors (Lipinski definition) is 5. The highest BCUT2D eigenvalue weighted by Crippen LogP contribution is 2.42. The molecule has 0 amide bonds. The lowest BCUT2D eigenvalue weighted by Crippen LogP contribution is -2.15. The fourth-order valence-corrected chi connectivity index (χ4v) is 2.74. The summed E-state index contributed by atoms with van der Waals surface area (Å²) in [5, 5.41) is 11.2. The van der Waals surface area contributed by atoms with Crippen LogP contribution in [0, 0.1) is 10.1 Å². The molecule has 27 heavy (non-hydrogen) atoms. The second-order valence-electron chi connectivity index (χ2n) is 5.67. The summed E-state index contributed by atoms with van der Waals surface area (Å²) >= 11 is 5.85. The van der Waals surface area contributed by atoms with Gasteiger partial charge in [-0.05, 0) is 36.8 Å². The molecule has 0 saturated carbocycles. The predicted molar refractivity (Wildman–Crippen MR) is 89.2 cm³/mol. The zero-order valence-corrected chi connectivity index (χ0v) is 14.4. The molecule has 144 valence electrons. The molecule has 1 unspecified atom stereocenters. The summed E-state index contributed by atoms with van der Waals surface area (Å²) in [6, 6.07) is 6.62. The zero-order chi connectivity index (χ0) is 19.6. The summed E-state index contributed by atoms with van der Waals surface area (Å²) in [5.41, 5.74) is -1.42. The lowest BCUT2D eigenvalue weighted by Gasteiger charge is -2.15. The van der Waals surface area contributed by atoms with E-state index in [9.17, 15) is 23.3 Å². The fourth-order valence-electron chi connectivity index (χ4n) is 2.52. The van der Waals surface area contributed by atoms with Crippen LogP contribution in [0.4, 0.5) is 18.9 Å². The van der Waals surface area contributed by atoms with E-state index in [4.69, 9.17) is 25.8 Å². The van der Waals surface area contributed by atoms with Crippen molar-refractivity contribution >= 4 is 17.3 Å². The number of rotatable bonds is 5. The molecule has 1 heterocycles. The highest BCUT2D eigenvalue weighted by Gasteiger charge is 2.32. The van der Waals surface area contributed by atoms with Crippen molar-refractivity contribution in [2.75, 3.05) is 6.61 Å². The summed E-state index contributed by atoms with van der Waals surface area (Å²) in [6.45, 7) is 0.496. The molecule has 10 heteroatoms. The molecule has 1 aliphatic rings. The van der Waals surface area contributed by atoms with Crippen molar-refractivity contribution in [2.45, 2.75) is 25.3 Å². The normalized spacial score (nSPS) is 17.0. The molecule has 2 aromatic carbocycles. The van der Waals surface area contributed by atoms with Gasteiger partial charge in [0.25, 0.3) is 0 Å². The summed E-state index contributed by atoms with van der Waals surface area (Å²) < 4.78 is 54.4. The smallest absolute Gasteiger partial charge is 0.416 e. The van der Waals surface area contributed by atoms with Gasteiger partial charge in [-0.1, -0.05) is 17.7 Å². The van der Waals surface area contributed by atoms with E-state index in [0.717, 1.165) is 18.6 Å². The maximum atomic E-state index is 12.7. The Kier molecular flexibility index (Phi) is 5.43. The molecule has 1 atom stereocenters. The Labute approximate surface area is 156 Å². The van der Waals surface area contributed by atoms with Crippen LogP contribution in [0.2, 0.25) is 5.02 Å². The van der Waals surface area contributed by atoms with Gasteiger partial charge in [0.1, 0.15) is 5.75 Å². The quantitative estimate of drug-likeness (QED) is 0.481. The Hall–Kier alpha value is -2.52. The number of halogens is 4. The first kappa shape index (κ1) is 19.2. The third-order valence-electron chi connectivity index (χ3n) is 3.77. The maximum absolute atomic E-state index is 12.7. The molecule has 0 aromatic heterocycles. The largest absolute Gasteiger partial charge is 0.458 e. The molecule has 1 saturated heterocycles. The average molecular weight is 404 g/mol. The second kappa shape index (κ2) is 7.61. The van der Waals surface area contributed by atoms with Gasteiger partial charge in [0.15, 0.2) is 6.29 Å². The lowest BCUT2D eigenvalue weighted by molar-refractivity contribution is -0.387. The SMILES string of the molecule is O=[N+]([O-])c1c(Oc2ccc(C(F)(F)F)cc2Cl)cccc1OC1CCCO1. The first-order valence-corrected chi connectivity index (χ1v) is 8.24. The van der Waals surface area contributed by atoms with Gasteiger partial charge in [0.05, 0.1) is 22.1 Å². The fraction of sp³-hybridized carbons (Fsp3) is 0.294. The zero-order valence-electron chi connectivity index (χ0n) is 13.7. The summed E-state index contributed by atoms with van der Waals surface area (Å²) in [7, 11) is 0. The van der Waals surface area contributed by atoms with Crippen molar-refractivity contribution in [1.29, 1.82) is 0 Å². The number of benzene rings is 2. The highest BCUT2D eigenvalue weighted by molar-refractivity contribution is 6.32. The molecular weight excluding hydrogens is 391 g/mol. The van der Waals surface area contributed by atoms with Crippen molar-refractivity contribution in [3.05, 3.63) is 57.1 Å². The molecule has 0 bridgehead atoms. The number of nitro groups is 1. The molecule has 2 aromatic rings. The van der Waals surface area contributed by atoms with Crippen LogP contribution in [-0.4, -0.2) is 17.8 Å². The van der Waals surface area contributed by atoms with Crippen molar-refractivity contribution in [2.24, 2.45) is 0 Å². The molecule has 0 radical (unpaired) electrons. The predicted octanol–water partition coefficient (Wildman–Crippen LogP) is 5.57. The van der Waals surface area contributed by atoms with E-state index in [2.05, 4.69) is 0 Å². The number of nitro benzene ring substituents is 1. The molecule has 3 rings (SSSR count). The van der Waals surface area contributed by atoms with Crippen LogP contribution >= 0.6 is 11.6 Å². The minimum Gasteiger partial charge on any atom is -0.458 e. The number of hydrogen-bond donors (Lipinski definition) is 0. The molecule has 6 nitrogen and oxygen atoms in total. The van der Waals surface area contributed by atoms with E-state index in [0.29, 0.717) is 19.1 Å². The van der Waals surface area contributed by atoms with Gasteiger partial charge in [-0.25, -0.2) is 0 Å². The van der Waals surface area contributed by atoms with Gasteiger partial charge in [0.2, 0.25) is 11.5 Å². The van der Waals surface area contributed by atoms with E-state index >= 15 is 0 Å². The van der Waals surface area contributed by atoms with E-state index in [1.54, 1.807) is 0 Å². The number of alkyl halides is 3. The Bertz CT molecular complexity index is 853. The number of ether oxygens (including phenoxy) is 3. The van der Waals surface area contributed by atoms with E-state index in [1.165, 1.54) is 18.2 Å². The Morgan fingerprint density at radius 2 is 1.93 bits per heavy atom. The molecular formula is C17H13ClF3NO5. The van der Waals surface area contributed by atoms with Crippen molar-refractivity contribution < 1.29 is 32.3 Å². The van der Waals surface area contributed by atoms with Gasteiger partial charge in [-0.2, -0.15) is 13.2 Å². The number of para-hydroxylation sites is 1. The van der Waals surface area contributed by atoms with Crippen LogP contribution in [0.1, 0.15) is 18.4 Å². The summed E-state index contributed by atoms with van der Waals surface area (Å²) in [4.78, 5) is 10.8. The highest BCUT2D eigenvalue weighted by atomic mass is 35.5. The second-order valence-corrected chi connectivity index (χ2v) is 6.07. The van der Waals surface area contributed by atoms with Crippen molar-refractivity contribution in [3.8, 4) is 17.2 Å². The molecule has 0 N–H and O–H groups in total. The third-order valence-corrected chi connectivity index (χ3v) is 4.07. The first-order valence-electron chi connectivity index (χ1n) is 7.86. The van der Waals surface area contributed by atoms with Gasteiger partial charge in [0, 0.05) is 6.42 Å². The summed E-state index contributed by atoms with van der Waals surface area (Å²) in [5.74, 6) is -0.424. The Morgan fingerprint density at radius 3 is 2.52 bits per heavy atom. The van der Waals surface area contributed by atoms with Gasteiger partial charge >= 0.3 is 11.9 Å². The Balaban J connectivity index is 1.91. The first-order chi connectivity index (χ1) is 12.8. The van der Waals surface area contributed by atoms with Gasteiger partial charge in [-0.15, -0.1) is 0 Å². The average Bonchev–Trinajstić information content (AvgIpc) is 3.08. The van der Waals surface area contributed by atoms with Crippen LogP contribution in [0.15, 0.2) is 36.4 Å². The topological polar surface area (TPSA) is 70.8 Å². The van der Waals surface area contributed by atoms with E-state index in [-0.39, 0.29) is 22.3 Å². The van der Waals surface area contributed by atoms with Crippen molar-refractivity contribution in [1.82, 2.24) is 0 Å². The maximum Gasteiger partial charge on any atom is 0.416 e. The van der Waals surface area contributed by atoms with E-state index in [1.807, 2.05) is 0 Å². The van der Waals surface area contributed by atoms with E-state index < -0.39 is 28.6 Å². The molecule has 0 spiro atoms. The minimum absolute atomic E-state index is 0.0626. The van der Waals surface area contributed by atoms with Crippen LogP contribution in [-0.2, 0) is 10.9 Å². The summed E-state index contributed by atoms with van der Waals surface area (Å²) in [6.07, 6.45) is -3.81. The van der Waals surface area contributed by atoms with Crippen LogP contribution in [0.5, 0.6) is 17.2 Å². The third kappa shape index (κ3) is 4.42. The van der Waals surface area contributed by atoms with Gasteiger partial charge < -0.3 is 14.2 Å². The van der Waals surface area contributed by atoms with Gasteiger partial charge in [-0.3, -0.25) is 10.1 Å². The molecule has 1 fully saturated rings. The van der Waals surface area contributed by atoms with Crippen molar-refractivity contribution in [3.63, 3.8) is 0 Å². The molecule has 1 aliphatic heterocycles. The monoisotopic (exact) mass is 403 g/mol. The number of nitrogens with zero attached hydrogens (tertiary/aromatic N) is 1. The van der Waals surface area contributed by atoms with Crippen LogP contribution < -0.4 is 9.47 Å². The Morgan fingerprint density at radius 1 is 1.19 bits per heavy atom. The van der Waals surface area contributed by atoms with Crippen LogP contribution in [0.3, 0.4) is 0 Å². The van der Waals surface area contributed by atoms with Crippen LogP contribution in [0.25, 0.3) is 0 Å². The molecule has 0 aliphatic carbocycles. The lowest BCUT2D eigenvalue weighted by atomic mass is 10.2.